The van der Waals surface area contributed by atoms with Crippen molar-refractivity contribution in [2.75, 3.05) is 0 Å². The molecule has 2 fully saturated rings. The summed E-state index contributed by atoms with van der Waals surface area (Å²) in [6, 6.07) is 0.611. The molecular formula is C17H32N2O2. The molecule has 0 saturated heterocycles. The van der Waals surface area contributed by atoms with Crippen LogP contribution in [0, 0.1) is 5.92 Å². The summed E-state index contributed by atoms with van der Waals surface area (Å²) < 4.78 is 6.10. The summed E-state index contributed by atoms with van der Waals surface area (Å²) in [6.07, 6.45) is 9.51. The van der Waals surface area contributed by atoms with Crippen molar-refractivity contribution in [3.8, 4) is 0 Å². The Morgan fingerprint density at radius 3 is 2.57 bits per heavy atom. The molecule has 4 nitrogen and oxygen atoms in total. The van der Waals surface area contributed by atoms with E-state index in [2.05, 4.69) is 12.2 Å². The van der Waals surface area contributed by atoms with E-state index in [0.29, 0.717) is 12.1 Å². The molecule has 0 aromatic rings. The summed E-state index contributed by atoms with van der Waals surface area (Å²) in [5, 5.41) is 3.17. The van der Waals surface area contributed by atoms with Gasteiger partial charge >= 0.3 is 0 Å². The van der Waals surface area contributed by atoms with Crippen LogP contribution in [0.2, 0.25) is 0 Å². The topological polar surface area (TPSA) is 64.3 Å². The highest BCUT2D eigenvalue weighted by molar-refractivity contribution is 5.81. The zero-order valence-corrected chi connectivity index (χ0v) is 13.6. The van der Waals surface area contributed by atoms with Crippen molar-refractivity contribution in [1.29, 1.82) is 0 Å². The van der Waals surface area contributed by atoms with Crippen LogP contribution in [0.5, 0.6) is 0 Å². The number of nitrogens with one attached hydrogen (secondary N) is 1. The van der Waals surface area contributed by atoms with E-state index in [1.807, 2.05) is 6.92 Å². The lowest BCUT2D eigenvalue weighted by Gasteiger charge is -2.32. The summed E-state index contributed by atoms with van der Waals surface area (Å²) in [4.78, 5) is 12.4. The predicted molar refractivity (Wildman–Crippen MR) is 85.0 cm³/mol. The quantitative estimate of drug-likeness (QED) is 0.820. The normalized spacial score (nSPS) is 35.2. The standard InChI is InChI=1S/C17H32N2O2/c1-3-16(21-15-6-4-5-12(2)11-15)17(20)19-14-9-7-13(18)8-10-14/h12-16H,3-11,18H2,1-2H3,(H,19,20). The Hall–Kier alpha value is -0.610. The van der Waals surface area contributed by atoms with E-state index in [1.54, 1.807) is 0 Å². The smallest absolute Gasteiger partial charge is 0.249 e. The van der Waals surface area contributed by atoms with Gasteiger partial charge in [-0.1, -0.05) is 26.7 Å². The van der Waals surface area contributed by atoms with E-state index >= 15 is 0 Å². The van der Waals surface area contributed by atoms with Gasteiger partial charge in [0.1, 0.15) is 6.10 Å². The van der Waals surface area contributed by atoms with Crippen LogP contribution in [0.4, 0.5) is 0 Å². The summed E-state index contributed by atoms with van der Waals surface area (Å²) in [7, 11) is 0. The first kappa shape index (κ1) is 16.8. The van der Waals surface area contributed by atoms with Crippen molar-refractivity contribution in [1.82, 2.24) is 5.32 Å². The molecule has 3 N–H and O–H groups in total. The zero-order valence-electron chi connectivity index (χ0n) is 13.6. The molecule has 0 heterocycles. The Kier molecular flexibility index (Phi) is 6.49. The third kappa shape index (κ3) is 5.26. The van der Waals surface area contributed by atoms with Gasteiger partial charge in [-0.25, -0.2) is 0 Å². The van der Waals surface area contributed by atoms with Gasteiger partial charge in [-0.15, -0.1) is 0 Å². The number of ether oxygens (including phenoxy) is 1. The minimum Gasteiger partial charge on any atom is -0.365 e. The number of rotatable bonds is 5. The summed E-state index contributed by atoms with van der Waals surface area (Å²) >= 11 is 0. The highest BCUT2D eigenvalue weighted by atomic mass is 16.5. The Morgan fingerprint density at radius 1 is 1.24 bits per heavy atom. The monoisotopic (exact) mass is 296 g/mol. The number of carbonyl (C=O) groups is 1. The first-order valence-electron chi connectivity index (χ1n) is 8.79. The molecule has 2 aliphatic rings. The fourth-order valence-corrected chi connectivity index (χ4v) is 3.64. The van der Waals surface area contributed by atoms with Crippen LogP contribution in [-0.4, -0.2) is 30.2 Å². The molecule has 0 aliphatic heterocycles. The second-order valence-electron chi connectivity index (χ2n) is 7.05. The van der Waals surface area contributed by atoms with Gasteiger partial charge in [-0.3, -0.25) is 4.79 Å². The van der Waals surface area contributed by atoms with Crippen LogP contribution >= 0.6 is 0 Å². The second kappa shape index (κ2) is 8.14. The van der Waals surface area contributed by atoms with E-state index in [0.717, 1.165) is 50.9 Å². The lowest BCUT2D eigenvalue weighted by Crippen LogP contribution is -2.46. The Balaban J connectivity index is 1.78. The van der Waals surface area contributed by atoms with Gasteiger partial charge in [0.25, 0.3) is 0 Å². The third-order valence-electron chi connectivity index (χ3n) is 5.03. The predicted octanol–water partition coefficient (Wildman–Crippen LogP) is 2.75. The molecular weight excluding hydrogens is 264 g/mol. The number of hydrogen-bond donors (Lipinski definition) is 2. The van der Waals surface area contributed by atoms with Crippen molar-refractivity contribution in [3.63, 3.8) is 0 Å². The highest BCUT2D eigenvalue weighted by Gasteiger charge is 2.28. The molecule has 0 aromatic carbocycles. The van der Waals surface area contributed by atoms with Crippen LogP contribution in [0.25, 0.3) is 0 Å². The SMILES string of the molecule is CCC(OC1CCCC(C)C1)C(=O)NC1CCC(N)CC1. The van der Waals surface area contributed by atoms with Gasteiger partial charge < -0.3 is 15.8 Å². The van der Waals surface area contributed by atoms with Crippen molar-refractivity contribution < 1.29 is 9.53 Å². The maximum atomic E-state index is 12.4. The molecule has 0 aromatic heterocycles. The molecule has 0 bridgehead atoms. The highest BCUT2D eigenvalue weighted by Crippen LogP contribution is 2.27. The van der Waals surface area contributed by atoms with Crippen molar-refractivity contribution in [3.05, 3.63) is 0 Å². The largest absolute Gasteiger partial charge is 0.365 e. The molecule has 0 spiro atoms. The fourth-order valence-electron chi connectivity index (χ4n) is 3.64. The van der Waals surface area contributed by atoms with Crippen molar-refractivity contribution >= 4 is 5.91 Å². The number of carbonyl (C=O) groups excluding carboxylic acids is 1. The van der Waals surface area contributed by atoms with E-state index in [9.17, 15) is 4.79 Å². The molecule has 0 radical (unpaired) electrons. The average molecular weight is 296 g/mol. The molecule has 3 unspecified atom stereocenters. The maximum Gasteiger partial charge on any atom is 0.249 e. The molecule has 1 amide bonds. The van der Waals surface area contributed by atoms with Crippen LogP contribution in [0.3, 0.4) is 0 Å². The van der Waals surface area contributed by atoms with Gasteiger partial charge in [0.2, 0.25) is 5.91 Å². The van der Waals surface area contributed by atoms with Crippen LogP contribution in [0.1, 0.15) is 71.6 Å². The minimum atomic E-state index is -0.282. The van der Waals surface area contributed by atoms with Crippen LogP contribution in [0.15, 0.2) is 0 Å². The second-order valence-corrected chi connectivity index (χ2v) is 7.05. The minimum absolute atomic E-state index is 0.0798. The summed E-state index contributed by atoms with van der Waals surface area (Å²) in [6.45, 7) is 4.31. The van der Waals surface area contributed by atoms with E-state index in [1.165, 1.54) is 12.8 Å². The third-order valence-corrected chi connectivity index (χ3v) is 5.03. The van der Waals surface area contributed by atoms with Gasteiger partial charge in [0, 0.05) is 12.1 Å². The molecule has 2 saturated carbocycles. The summed E-state index contributed by atoms with van der Waals surface area (Å²) in [5.74, 6) is 0.806. The first-order valence-corrected chi connectivity index (χ1v) is 8.79. The maximum absolute atomic E-state index is 12.4. The molecule has 21 heavy (non-hydrogen) atoms. The van der Waals surface area contributed by atoms with Gasteiger partial charge in [-0.05, 0) is 50.9 Å². The van der Waals surface area contributed by atoms with Crippen molar-refractivity contribution in [2.24, 2.45) is 11.7 Å². The van der Waals surface area contributed by atoms with Gasteiger partial charge in [-0.2, -0.15) is 0 Å². The molecule has 122 valence electrons. The van der Waals surface area contributed by atoms with Crippen LogP contribution in [-0.2, 0) is 9.53 Å². The summed E-state index contributed by atoms with van der Waals surface area (Å²) in [5.41, 5.74) is 5.91. The average Bonchev–Trinajstić information content (AvgIpc) is 2.47. The lowest BCUT2D eigenvalue weighted by molar-refractivity contribution is -0.140. The molecule has 4 heteroatoms. The van der Waals surface area contributed by atoms with E-state index < -0.39 is 0 Å². The number of nitrogens with two attached hydrogens (primary N) is 1. The molecule has 2 aliphatic carbocycles. The first-order chi connectivity index (χ1) is 10.1. The van der Waals surface area contributed by atoms with E-state index in [-0.39, 0.29) is 18.1 Å². The zero-order chi connectivity index (χ0) is 15.2. The Morgan fingerprint density at radius 2 is 1.95 bits per heavy atom. The Labute approximate surface area is 129 Å². The molecule has 3 atom stereocenters. The molecule has 2 rings (SSSR count). The van der Waals surface area contributed by atoms with Crippen LogP contribution < -0.4 is 11.1 Å². The number of amides is 1. The Bertz CT molecular complexity index is 327. The number of hydrogen-bond acceptors (Lipinski definition) is 3. The van der Waals surface area contributed by atoms with Gasteiger partial charge in [0.15, 0.2) is 0 Å². The van der Waals surface area contributed by atoms with E-state index in [4.69, 9.17) is 10.5 Å². The van der Waals surface area contributed by atoms with Crippen molar-refractivity contribution in [2.45, 2.75) is 95.9 Å². The fraction of sp³-hybridized carbons (Fsp3) is 0.941. The lowest BCUT2D eigenvalue weighted by atomic mass is 9.88. The van der Waals surface area contributed by atoms with Gasteiger partial charge in [0.05, 0.1) is 6.10 Å².